The normalized spacial score (nSPS) is 18.5. The van der Waals surface area contributed by atoms with Crippen LogP contribution in [0.25, 0.3) is 0 Å². The highest BCUT2D eigenvalue weighted by molar-refractivity contribution is 7.82. The maximum absolute atomic E-state index is 13.1. The molecular formula is C29H43N5O3S. The lowest BCUT2D eigenvalue weighted by molar-refractivity contribution is -0.116. The smallest absolute Gasteiger partial charge is 0.225 e. The molecule has 2 heterocycles. The molecule has 208 valence electrons. The minimum atomic E-state index is -1.35. The van der Waals surface area contributed by atoms with Crippen molar-refractivity contribution in [1.29, 1.82) is 0 Å². The van der Waals surface area contributed by atoms with Gasteiger partial charge in [-0.25, -0.2) is 8.51 Å². The van der Waals surface area contributed by atoms with Crippen LogP contribution in [0.1, 0.15) is 30.4 Å². The molecule has 9 heteroatoms. The van der Waals surface area contributed by atoms with E-state index in [-0.39, 0.29) is 12.3 Å². The molecule has 0 aromatic heterocycles. The lowest BCUT2D eigenvalue weighted by Gasteiger charge is -2.42. The third kappa shape index (κ3) is 7.14. The van der Waals surface area contributed by atoms with E-state index >= 15 is 0 Å². The highest BCUT2D eigenvalue weighted by atomic mass is 32.2. The van der Waals surface area contributed by atoms with Crippen molar-refractivity contribution in [3.05, 3.63) is 47.5 Å². The summed E-state index contributed by atoms with van der Waals surface area (Å²) in [6, 6.07) is 12.6. The average molecular weight is 542 g/mol. The summed E-state index contributed by atoms with van der Waals surface area (Å²) in [5, 5.41) is 2.99. The molecule has 1 unspecified atom stereocenters. The SMILES string of the molecule is COc1cc(C)c(S(=O)N(C)CCC(=O)Nc2ccc(N3CCN(C4CCN(C)CC4)CC3)cc2)c(C)c1. The number of amides is 1. The number of rotatable bonds is 9. The third-order valence-corrected chi connectivity index (χ3v) is 9.56. The molecule has 0 saturated carbocycles. The highest BCUT2D eigenvalue weighted by Crippen LogP contribution is 2.26. The van der Waals surface area contributed by atoms with Gasteiger partial charge in [0.25, 0.3) is 0 Å². The van der Waals surface area contributed by atoms with Crippen molar-refractivity contribution < 1.29 is 13.7 Å². The quantitative estimate of drug-likeness (QED) is 0.524. The van der Waals surface area contributed by atoms with Crippen LogP contribution in [0.15, 0.2) is 41.3 Å². The molecule has 2 saturated heterocycles. The Hall–Kier alpha value is -2.46. The van der Waals surface area contributed by atoms with Gasteiger partial charge in [-0.05, 0) is 94.4 Å². The summed E-state index contributed by atoms with van der Waals surface area (Å²) in [7, 11) is 4.28. The molecule has 2 aromatic carbocycles. The van der Waals surface area contributed by atoms with Crippen molar-refractivity contribution in [2.24, 2.45) is 0 Å². The molecule has 4 rings (SSSR count). The van der Waals surface area contributed by atoms with Crippen molar-refractivity contribution in [2.75, 3.05) is 77.2 Å². The van der Waals surface area contributed by atoms with Crippen LogP contribution in [0.2, 0.25) is 0 Å². The molecule has 2 aromatic rings. The Bertz CT molecular complexity index is 1090. The number of likely N-dealkylation sites (tertiary alicyclic amines) is 1. The van der Waals surface area contributed by atoms with Gasteiger partial charge in [0.2, 0.25) is 5.91 Å². The van der Waals surface area contributed by atoms with E-state index in [0.29, 0.717) is 6.54 Å². The number of nitrogens with one attached hydrogen (secondary N) is 1. The Labute approximate surface area is 230 Å². The molecular weight excluding hydrogens is 498 g/mol. The first-order valence-corrected chi connectivity index (χ1v) is 14.7. The van der Waals surface area contributed by atoms with E-state index in [4.69, 9.17) is 4.74 Å². The first-order chi connectivity index (χ1) is 18.2. The van der Waals surface area contributed by atoms with E-state index < -0.39 is 11.0 Å². The third-order valence-electron chi connectivity index (χ3n) is 7.82. The van der Waals surface area contributed by atoms with Gasteiger partial charge >= 0.3 is 0 Å². The van der Waals surface area contributed by atoms with Gasteiger partial charge in [-0.15, -0.1) is 0 Å². The first-order valence-electron chi connectivity index (χ1n) is 13.6. The van der Waals surface area contributed by atoms with E-state index in [1.165, 1.54) is 31.6 Å². The van der Waals surface area contributed by atoms with Crippen molar-refractivity contribution >= 4 is 28.3 Å². The molecule has 1 amide bonds. The molecule has 2 aliphatic rings. The number of anilines is 2. The Balaban J connectivity index is 1.23. The fourth-order valence-corrected chi connectivity index (χ4v) is 6.72. The number of piperidine rings is 1. The van der Waals surface area contributed by atoms with Crippen molar-refractivity contribution in [3.63, 3.8) is 0 Å². The molecule has 0 spiro atoms. The molecule has 1 atom stereocenters. The van der Waals surface area contributed by atoms with E-state index in [1.807, 2.05) is 38.1 Å². The molecule has 38 heavy (non-hydrogen) atoms. The molecule has 0 aliphatic carbocycles. The number of ether oxygens (including phenoxy) is 1. The van der Waals surface area contributed by atoms with E-state index in [1.54, 1.807) is 18.5 Å². The zero-order valence-electron chi connectivity index (χ0n) is 23.5. The fraction of sp³-hybridized carbons (Fsp3) is 0.552. The summed E-state index contributed by atoms with van der Waals surface area (Å²) in [5.74, 6) is 0.667. The van der Waals surface area contributed by atoms with Crippen LogP contribution >= 0.6 is 0 Å². The number of carbonyl (C=O) groups is 1. The zero-order valence-corrected chi connectivity index (χ0v) is 24.4. The van der Waals surface area contributed by atoms with E-state index in [9.17, 15) is 9.00 Å². The van der Waals surface area contributed by atoms with E-state index in [2.05, 4.69) is 39.2 Å². The van der Waals surface area contributed by atoms with Gasteiger partial charge < -0.3 is 19.9 Å². The summed E-state index contributed by atoms with van der Waals surface area (Å²) >= 11 is 0. The van der Waals surface area contributed by atoms with Gasteiger partial charge in [0.15, 0.2) is 0 Å². The van der Waals surface area contributed by atoms with Crippen molar-refractivity contribution in [3.8, 4) is 5.75 Å². The van der Waals surface area contributed by atoms with Crippen LogP contribution in [0.5, 0.6) is 5.75 Å². The standard InChI is InChI=1S/C29H43N5O3S/c1-22-20-27(37-5)21-23(2)29(22)38(36)32(4)15-12-28(35)30-24-6-8-25(9-7-24)33-16-18-34(19-17-33)26-10-13-31(3)14-11-26/h6-9,20-21,26H,10-19H2,1-5H3,(H,30,35). The van der Waals surface area contributed by atoms with Gasteiger partial charge in [-0.1, -0.05) is 0 Å². The summed E-state index contributed by atoms with van der Waals surface area (Å²) in [5.41, 5.74) is 3.82. The monoisotopic (exact) mass is 541 g/mol. The van der Waals surface area contributed by atoms with Crippen LogP contribution in [0.4, 0.5) is 11.4 Å². The Morgan fingerprint density at radius 2 is 1.63 bits per heavy atom. The maximum Gasteiger partial charge on any atom is 0.225 e. The number of hydrogen-bond acceptors (Lipinski definition) is 6. The Kier molecular flexibility index (Phi) is 9.81. The summed E-state index contributed by atoms with van der Waals surface area (Å²) in [6.07, 6.45) is 2.81. The van der Waals surface area contributed by atoms with Crippen LogP contribution in [0, 0.1) is 13.8 Å². The molecule has 0 radical (unpaired) electrons. The highest BCUT2D eigenvalue weighted by Gasteiger charge is 2.26. The first kappa shape index (κ1) is 28.5. The lowest BCUT2D eigenvalue weighted by atomic mass is 10.0. The lowest BCUT2D eigenvalue weighted by Crippen LogP contribution is -2.53. The van der Waals surface area contributed by atoms with Crippen molar-refractivity contribution in [1.82, 2.24) is 14.1 Å². The summed E-state index contributed by atoms with van der Waals surface area (Å²) in [6.45, 7) is 11.0. The number of nitrogens with zero attached hydrogens (tertiary/aromatic N) is 4. The number of hydrogen-bond donors (Lipinski definition) is 1. The summed E-state index contributed by atoms with van der Waals surface area (Å²) in [4.78, 5) is 20.9. The number of methoxy groups -OCH3 is 1. The number of benzene rings is 2. The van der Waals surface area contributed by atoms with Crippen molar-refractivity contribution in [2.45, 2.75) is 44.0 Å². The molecule has 8 nitrogen and oxygen atoms in total. The second kappa shape index (κ2) is 13.1. The van der Waals surface area contributed by atoms with Gasteiger partial charge in [-0.2, -0.15) is 0 Å². The van der Waals surface area contributed by atoms with Gasteiger partial charge in [0.1, 0.15) is 16.7 Å². The van der Waals surface area contributed by atoms with Gasteiger partial charge in [-0.3, -0.25) is 9.69 Å². The maximum atomic E-state index is 13.1. The number of piperazine rings is 1. The van der Waals surface area contributed by atoms with Gasteiger partial charge in [0, 0.05) is 63.6 Å². The predicted molar refractivity (Wildman–Crippen MR) is 156 cm³/mol. The summed E-state index contributed by atoms with van der Waals surface area (Å²) < 4.78 is 20.1. The average Bonchev–Trinajstić information content (AvgIpc) is 2.92. The Morgan fingerprint density at radius 3 is 2.21 bits per heavy atom. The second-order valence-corrected chi connectivity index (χ2v) is 12.1. The minimum Gasteiger partial charge on any atom is -0.497 e. The van der Waals surface area contributed by atoms with Crippen LogP contribution in [-0.2, 0) is 15.8 Å². The minimum absolute atomic E-state index is 0.0866. The van der Waals surface area contributed by atoms with Crippen LogP contribution in [0.3, 0.4) is 0 Å². The van der Waals surface area contributed by atoms with Gasteiger partial charge in [0.05, 0.1) is 12.0 Å². The van der Waals surface area contributed by atoms with Crippen LogP contribution in [-0.4, -0.2) is 97.3 Å². The fourth-order valence-electron chi connectivity index (χ4n) is 5.49. The zero-order chi connectivity index (χ0) is 27.2. The number of aryl methyl sites for hydroxylation is 2. The van der Waals surface area contributed by atoms with E-state index in [0.717, 1.165) is 59.7 Å². The topological polar surface area (TPSA) is 68.4 Å². The number of carbonyl (C=O) groups excluding carboxylic acids is 1. The molecule has 1 N–H and O–H groups in total. The van der Waals surface area contributed by atoms with Crippen LogP contribution < -0.4 is 15.0 Å². The molecule has 2 aliphatic heterocycles. The predicted octanol–water partition coefficient (Wildman–Crippen LogP) is 3.51. The Morgan fingerprint density at radius 1 is 1.03 bits per heavy atom. The second-order valence-electron chi connectivity index (χ2n) is 10.6. The molecule has 2 fully saturated rings. The largest absolute Gasteiger partial charge is 0.497 e. The molecule has 0 bridgehead atoms.